The lowest BCUT2D eigenvalue weighted by molar-refractivity contribution is -0.123. The lowest BCUT2D eigenvalue weighted by Crippen LogP contribution is -2.47. The molecule has 24 heavy (non-hydrogen) atoms. The summed E-state index contributed by atoms with van der Waals surface area (Å²) >= 11 is 0. The summed E-state index contributed by atoms with van der Waals surface area (Å²) in [6, 6.07) is 3.34. The quantitative estimate of drug-likeness (QED) is 0.866. The molecular weight excluding hydrogens is 308 g/mol. The number of ether oxygens (including phenoxy) is 2. The second kappa shape index (κ2) is 8.04. The number of methoxy groups -OCH3 is 2. The predicted molar refractivity (Wildman–Crippen MR) is 93.8 cm³/mol. The summed E-state index contributed by atoms with van der Waals surface area (Å²) in [7, 11) is 3.09. The van der Waals surface area contributed by atoms with Crippen molar-refractivity contribution in [3.63, 3.8) is 0 Å². The Labute approximate surface area is 144 Å². The maximum absolute atomic E-state index is 12.8. The van der Waals surface area contributed by atoms with Gasteiger partial charge in [0.05, 0.1) is 20.8 Å². The van der Waals surface area contributed by atoms with Crippen molar-refractivity contribution in [1.29, 1.82) is 0 Å². The van der Waals surface area contributed by atoms with Gasteiger partial charge in [-0.2, -0.15) is 0 Å². The Morgan fingerprint density at radius 3 is 2.00 bits per heavy atom. The standard InChI is InChI=1S/C18H28N2O4/c1-8-20(11-16(21)19-18(3,4)5)17(22)13-9-14(23-6)12(2)15(10-13)24-7/h9-10H,8,11H2,1-7H3,(H,19,21). The maximum Gasteiger partial charge on any atom is 0.254 e. The van der Waals surface area contributed by atoms with Gasteiger partial charge >= 0.3 is 0 Å². The maximum atomic E-state index is 12.8. The van der Waals surface area contributed by atoms with Crippen molar-refractivity contribution in [2.45, 2.75) is 40.2 Å². The third-order valence-corrected chi connectivity index (χ3v) is 3.52. The molecule has 6 nitrogen and oxygen atoms in total. The number of nitrogens with one attached hydrogen (secondary N) is 1. The van der Waals surface area contributed by atoms with Crippen LogP contribution in [0.5, 0.6) is 11.5 Å². The summed E-state index contributed by atoms with van der Waals surface area (Å²) in [4.78, 5) is 26.4. The molecule has 6 heteroatoms. The van der Waals surface area contributed by atoms with Gasteiger partial charge in [-0.25, -0.2) is 0 Å². The molecule has 0 spiro atoms. The minimum Gasteiger partial charge on any atom is -0.496 e. The summed E-state index contributed by atoms with van der Waals surface area (Å²) in [5, 5.41) is 2.86. The van der Waals surface area contributed by atoms with Crippen LogP contribution in [0.4, 0.5) is 0 Å². The lowest BCUT2D eigenvalue weighted by Gasteiger charge is -2.25. The first-order valence-corrected chi connectivity index (χ1v) is 7.95. The molecule has 1 aromatic carbocycles. The topological polar surface area (TPSA) is 67.9 Å². The Morgan fingerprint density at radius 1 is 1.12 bits per heavy atom. The molecule has 0 bridgehead atoms. The smallest absolute Gasteiger partial charge is 0.254 e. The Morgan fingerprint density at radius 2 is 1.62 bits per heavy atom. The molecule has 0 aliphatic rings. The molecular formula is C18H28N2O4. The van der Waals surface area contributed by atoms with Crippen LogP contribution < -0.4 is 14.8 Å². The zero-order valence-corrected chi connectivity index (χ0v) is 15.6. The van der Waals surface area contributed by atoms with Crippen LogP contribution >= 0.6 is 0 Å². The zero-order valence-electron chi connectivity index (χ0n) is 15.6. The van der Waals surface area contributed by atoms with Crippen molar-refractivity contribution >= 4 is 11.8 Å². The highest BCUT2D eigenvalue weighted by Gasteiger charge is 2.22. The van der Waals surface area contributed by atoms with Crippen LogP contribution in [0, 0.1) is 6.92 Å². The highest BCUT2D eigenvalue weighted by molar-refractivity contribution is 5.97. The SMILES string of the molecule is CCN(CC(=O)NC(C)(C)C)C(=O)c1cc(OC)c(C)c(OC)c1. The Hall–Kier alpha value is -2.24. The van der Waals surface area contributed by atoms with E-state index in [0.29, 0.717) is 23.6 Å². The van der Waals surface area contributed by atoms with E-state index in [1.165, 1.54) is 4.90 Å². The van der Waals surface area contributed by atoms with E-state index >= 15 is 0 Å². The molecule has 1 N–H and O–H groups in total. The largest absolute Gasteiger partial charge is 0.496 e. The average Bonchev–Trinajstić information content (AvgIpc) is 2.50. The van der Waals surface area contributed by atoms with E-state index in [0.717, 1.165) is 5.56 Å². The third-order valence-electron chi connectivity index (χ3n) is 3.52. The highest BCUT2D eigenvalue weighted by Crippen LogP contribution is 2.30. The van der Waals surface area contributed by atoms with Gasteiger partial charge in [0.25, 0.3) is 5.91 Å². The summed E-state index contributed by atoms with van der Waals surface area (Å²) in [6.07, 6.45) is 0. The Kier molecular flexibility index (Phi) is 6.63. The first-order chi connectivity index (χ1) is 11.1. The van der Waals surface area contributed by atoms with Gasteiger partial charge in [0.15, 0.2) is 0 Å². The van der Waals surface area contributed by atoms with E-state index in [1.807, 2.05) is 34.6 Å². The fraction of sp³-hybridized carbons (Fsp3) is 0.556. The molecule has 0 heterocycles. The van der Waals surface area contributed by atoms with E-state index in [9.17, 15) is 9.59 Å². The second-order valence-electron chi connectivity index (χ2n) is 6.62. The van der Waals surface area contributed by atoms with Gasteiger partial charge in [-0.1, -0.05) is 0 Å². The number of amides is 2. The molecule has 1 aromatic rings. The number of hydrogen-bond donors (Lipinski definition) is 1. The first kappa shape index (κ1) is 19.8. The Balaban J connectivity index is 3.03. The normalized spacial score (nSPS) is 11.0. The summed E-state index contributed by atoms with van der Waals surface area (Å²) in [5.74, 6) is 0.725. The summed E-state index contributed by atoms with van der Waals surface area (Å²) < 4.78 is 10.6. The fourth-order valence-corrected chi connectivity index (χ4v) is 2.35. The van der Waals surface area contributed by atoms with Crippen molar-refractivity contribution in [3.05, 3.63) is 23.3 Å². The van der Waals surface area contributed by atoms with Crippen molar-refractivity contribution in [3.8, 4) is 11.5 Å². The summed E-state index contributed by atoms with van der Waals surface area (Å²) in [5.41, 5.74) is 0.917. The van der Waals surface area contributed by atoms with E-state index in [4.69, 9.17) is 9.47 Å². The molecule has 0 radical (unpaired) electrons. The Bertz CT molecular complexity index is 581. The minimum absolute atomic E-state index is 0.00507. The number of rotatable bonds is 6. The van der Waals surface area contributed by atoms with Crippen LogP contribution in [0.25, 0.3) is 0 Å². The van der Waals surface area contributed by atoms with Crippen molar-refractivity contribution in [1.82, 2.24) is 10.2 Å². The number of carbonyl (C=O) groups is 2. The molecule has 0 aliphatic carbocycles. The van der Waals surface area contributed by atoms with Gasteiger partial charge in [0.1, 0.15) is 11.5 Å². The molecule has 0 saturated carbocycles. The highest BCUT2D eigenvalue weighted by atomic mass is 16.5. The van der Waals surface area contributed by atoms with Crippen LogP contribution in [-0.2, 0) is 4.79 Å². The van der Waals surface area contributed by atoms with Gasteiger partial charge in [-0.15, -0.1) is 0 Å². The monoisotopic (exact) mass is 336 g/mol. The number of benzene rings is 1. The van der Waals surface area contributed by atoms with Crippen molar-refractivity contribution in [2.75, 3.05) is 27.3 Å². The van der Waals surface area contributed by atoms with Crippen LogP contribution in [0.2, 0.25) is 0 Å². The van der Waals surface area contributed by atoms with Crippen LogP contribution in [0.1, 0.15) is 43.6 Å². The van der Waals surface area contributed by atoms with Crippen molar-refractivity contribution < 1.29 is 19.1 Å². The number of likely N-dealkylation sites (N-methyl/N-ethyl adjacent to an activating group) is 1. The number of carbonyl (C=O) groups excluding carboxylic acids is 2. The molecule has 1 rings (SSSR count). The summed E-state index contributed by atoms with van der Waals surface area (Å²) in [6.45, 7) is 9.83. The third kappa shape index (κ3) is 5.15. The van der Waals surface area contributed by atoms with E-state index in [-0.39, 0.29) is 23.9 Å². The second-order valence-corrected chi connectivity index (χ2v) is 6.62. The fourth-order valence-electron chi connectivity index (χ4n) is 2.35. The average molecular weight is 336 g/mol. The van der Waals surface area contributed by atoms with E-state index in [2.05, 4.69) is 5.32 Å². The molecule has 0 fully saturated rings. The predicted octanol–water partition coefficient (Wildman–Crippen LogP) is 2.39. The van der Waals surface area contributed by atoms with Gasteiger partial charge in [-0.3, -0.25) is 9.59 Å². The van der Waals surface area contributed by atoms with Gasteiger partial charge in [-0.05, 0) is 46.8 Å². The number of nitrogens with zero attached hydrogens (tertiary/aromatic N) is 1. The van der Waals surface area contributed by atoms with Gasteiger partial charge in [0.2, 0.25) is 5.91 Å². The molecule has 0 aromatic heterocycles. The van der Waals surface area contributed by atoms with Crippen LogP contribution in [0.15, 0.2) is 12.1 Å². The first-order valence-electron chi connectivity index (χ1n) is 7.95. The van der Waals surface area contributed by atoms with Gasteiger partial charge in [0, 0.05) is 23.2 Å². The molecule has 0 unspecified atom stereocenters. The van der Waals surface area contributed by atoms with Crippen LogP contribution in [0.3, 0.4) is 0 Å². The van der Waals surface area contributed by atoms with Crippen molar-refractivity contribution in [2.24, 2.45) is 0 Å². The number of hydrogen-bond acceptors (Lipinski definition) is 4. The molecule has 2 amide bonds. The van der Waals surface area contributed by atoms with E-state index in [1.54, 1.807) is 26.4 Å². The molecule has 134 valence electrons. The molecule has 0 atom stereocenters. The van der Waals surface area contributed by atoms with Gasteiger partial charge < -0.3 is 19.7 Å². The molecule has 0 aliphatic heterocycles. The minimum atomic E-state index is -0.337. The van der Waals surface area contributed by atoms with Crippen LogP contribution in [-0.4, -0.2) is 49.6 Å². The molecule has 0 saturated heterocycles. The lowest BCUT2D eigenvalue weighted by atomic mass is 10.1. The zero-order chi connectivity index (χ0) is 18.5. The van der Waals surface area contributed by atoms with E-state index < -0.39 is 0 Å².